The summed E-state index contributed by atoms with van der Waals surface area (Å²) in [4.78, 5) is 35.9. The molecule has 0 radical (unpaired) electrons. The average molecular weight is 530 g/mol. The number of nitrogens with zero attached hydrogens (tertiary/aromatic N) is 3. The molecule has 1 atom stereocenters. The second kappa shape index (κ2) is 10.5. The third-order valence-corrected chi connectivity index (χ3v) is 5.81. The van der Waals surface area contributed by atoms with Gasteiger partial charge in [0.1, 0.15) is 5.69 Å². The van der Waals surface area contributed by atoms with Crippen LogP contribution in [-0.4, -0.2) is 37.8 Å². The smallest absolute Gasteiger partial charge is 0.416 e. The molecule has 2 aromatic heterocycles. The number of carbonyl (C=O) groups excluding carboxylic acids is 1. The maximum atomic E-state index is 13.0. The summed E-state index contributed by atoms with van der Waals surface area (Å²) in [7, 11) is 0. The molecule has 0 aliphatic carbocycles. The number of hydrogen-bond donors (Lipinski definition) is 2. The second-order valence-corrected chi connectivity index (χ2v) is 8.61. The molecule has 36 heavy (non-hydrogen) atoms. The number of thioether (sulfide) groups is 1. The van der Waals surface area contributed by atoms with Gasteiger partial charge in [0.25, 0.3) is 5.91 Å². The molecule has 2 heterocycles. The molecule has 14 heteroatoms. The third-order valence-electron chi connectivity index (χ3n) is 4.78. The van der Waals surface area contributed by atoms with Crippen LogP contribution in [0, 0.1) is 0 Å². The molecule has 1 aromatic carbocycles. The molecule has 190 valence electrons. The predicted octanol–water partition coefficient (Wildman–Crippen LogP) is 5.46. The number of pyridine rings is 1. The minimum atomic E-state index is -5.07. The number of amides is 1. The summed E-state index contributed by atoms with van der Waals surface area (Å²) in [6, 6.07) is 3.44. The molecule has 0 aliphatic rings. The van der Waals surface area contributed by atoms with Crippen molar-refractivity contribution in [2.75, 3.05) is 5.88 Å². The zero-order valence-electron chi connectivity index (χ0n) is 18.2. The van der Waals surface area contributed by atoms with E-state index in [1.807, 2.05) is 0 Å². The summed E-state index contributed by atoms with van der Waals surface area (Å²) in [5.41, 5.74) is -2.89. The molecule has 0 spiro atoms. The van der Waals surface area contributed by atoms with Crippen LogP contribution < -0.4 is 5.32 Å². The highest BCUT2D eigenvalue weighted by atomic mass is 32.2. The third kappa shape index (κ3) is 6.50. The first-order chi connectivity index (χ1) is 16.8. The Balaban J connectivity index is 1.74. The average Bonchev–Trinajstić information content (AvgIpc) is 2.82. The Hall–Kier alpha value is -3.68. The second-order valence-electron chi connectivity index (χ2n) is 7.28. The molecule has 7 nitrogen and oxygen atoms in total. The van der Waals surface area contributed by atoms with Gasteiger partial charge in [-0.15, -0.1) is 11.8 Å². The number of alkyl halides is 6. The Kier molecular flexibility index (Phi) is 7.86. The summed E-state index contributed by atoms with van der Waals surface area (Å²) in [6.07, 6.45) is -6.19. The fourth-order valence-electron chi connectivity index (χ4n) is 3.00. The van der Waals surface area contributed by atoms with Gasteiger partial charge in [-0.25, -0.2) is 4.79 Å². The molecule has 2 N–H and O–H groups in total. The van der Waals surface area contributed by atoms with Gasteiger partial charge in [-0.1, -0.05) is 0 Å². The van der Waals surface area contributed by atoms with Gasteiger partial charge in [-0.05, 0) is 37.3 Å². The number of aromatic nitrogens is 3. The number of carboxylic acids is 1. The zero-order valence-corrected chi connectivity index (χ0v) is 19.0. The van der Waals surface area contributed by atoms with Gasteiger partial charge in [-0.3, -0.25) is 19.7 Å². The number of carbonyl (C=O) groups is 2. The van der Waals surface area contributed by atoms with E-state index in [1.54, 1.807) is 6.92 Å². The first-order valence-electron chi connectivity index (χ1n) is 9.97. The van der Waals surface area contributed by atoms with E-state index in [4.69, 9.17) is 5.11 Å². The Bertz CT molecular complexity index is 1230. The molecule has 3 aromatic rings. The number of halogens is 6. The van der Waals surface area contributed by atoms with Crippen LogP contribution in [-0.2, 0) is 12.4 Å². The molecule has 0 saturated heterocycles. The zero-order chi connectivity index (χ0) is 26.7. The lowest BCUT2D eigenvalue weighted by Crippen LogP contribution is -2.24. The van der Waals surface area contributed by atoms with Gasteiger partial charge in [0.2, 0.25) is 0 Å². The van der Waals surface area contributed by atoms with E-state index < -0.39 is 46.2 Å². The highest BCUT2D eigenvalue weighted by Crippen LogP contribution is 2.36. The van der Waals surface area contributed by atoms with Crippen molar-refractivity contribution in [2.24, 2.45) is 0 Å². The largest absolute Gasteiger partial charge is 0.478 e. The number of benzene rings is 1. The highest BCUT2D eigenvalue weighted by Gasteiger charge is 2.37. The molecule has 3 rings (SSSR count). The van der Waals surface area contributed by atoms with Crippen LogP contribution in [0.2, 0.25) is 0 Å². The fourth-order valence-corrected chi connectivity index (χ4v) is 3.80. The number of hydrogen-bond acceptors (Lipinski definition) is 6. The van der Waals surface area contributed by atoms with E-state index in [0.29, 0.717) is 29.2 Å². The van der Waals surface area contributed by atoms with Crippen molar-refractivity contribution >= 4 is 23.6 Å². The van der Waals surface area contributed by atoms with Gasteiger partial charge in [0.15, 0.2) is 0 Å². The first-order valence-corrected chi connectivity index (χ1v) is 11.0. The standard InChI is InChI=1S/C22H16F6N4O3S/c1-11(17-18(30-5-4-29-17)16-3-2-12(9-31-16)20(34)35)36-10-32-19(33)13-6-14(21(23,24)25)8-15(7-13)22(26,27)28/h2-9,11H,10H2,1H3,(H,32,33)(H,34,35). The Morgan fingerprint density at radius 2 is 1.56 bits per heavy atom. The van der Waals surface area contributed by atoms with Crippen molar-refractivity contribution in [1.82, 2.24) is 20.3 Å². The summed E-state index contributed by atoms with van der Waals surface area (Å²) < 4.78 is 78.2. The SMILES string of the molecule is CC(SCNC(=O)c1cc(C(F)(F)F)cc(C(F)(F)F)c1)c1nccnc1-c1ccc(C(=O)O)cn1. The van der Waals surface area contributed by atoms with Crippen molar-refractivity contribution in [3.05, 3.63) is 76.9 Å². The van der Waals surface area contributed by atoms with Crippen LogP contribution >= 0.6 is 11.8 Å². The van der Waals surface area contributed by atoms with Crippen LogP contribution in [0.3, 0.4) is 0 Å². The molecule has 0 fully saturated rings. The van der Waals surface area contributed by atoms with Gasteiger partial charge in [0.05, 0.1) is 34.0 Å². The summed E-state index contributed by atoms with van der Waals surface area (Å²) in [5.74, 6) is -2.44. The van der Waals surface area contributed by atoms with E-state index in [1.165, 1.54) is 24.5 Å². The van der Waals surface area contributed by atoms with Crippen molar-refractivity contribution in [2.45, 2.75) is 24.5 Å². The Morgan fingerprint density at radius 3 is 2.08 bits per heavy atom. The highest BCUT2D eigenvalue weighted by molar-refractivity contribution is 7.99. The van der Waals surface area contributed by atoms with Crippen molar-refractivity contribution in [1.29, 1.82) is 0 Å². The van der Waals surface area contributed by atoms with Crippen molar-refractivity contribution in [3.8, 4) is 11.4 Å². The lowest BCUT2D eigenvalue weighted by atomic mass is 10.0. The van der Waals surface area contributed by atoms with Crippen LogP contribution in [0.25, 0.3) is 11.4 Å². The number of aromatic carboxylic acids is 1. The van der Waals surface area contributed by atoms with E-state index in [-0.39, 0.29) is 17.5 Å². The van der Waals surface area contributed by atoms with Crippen LogP contribution in [0.15, 0.2) is 48.9 Å². The topological polar surface area (TPSA) is 105 Å². The molecule has 0 bridgehead atoms. The van der Waals surface area contributed by atoms with Crippen LogP contribution in [0.4, 0.5) is 26.3 Å². The van der Waals surface area contributed by atoms with Crippen molar-refractivity contribution < 1.29 is 41.0 Å². The van der Waals surface area contributed by atoms with Crippen LogP contribution in [0.5, 0.6) is 0 Å². The van der Waals surface area contributed by atoms with Gasteiger partial charge in [-0.2, -0.15) is 26.3 Å². The minimum absolute atomic E-state index is 0.0300. The van der Waals surface area contributed by atoms with E-state index in [2.05, 4.69) is 20.3 Å². The maximum Gasteiger partial charge on any atom is 0.416 e. The maximum absolute atomic E-state index is 13.0. The summed E-state index contributed by atoms with van der Waals surface area (Å²) in [5, 5.41) is 10.9. The Morgan fingerprint density at radius 1 is 0.944 bits per heavy atom. The van der Waals surface area contributed by atoms with E-state index >= 15 is 0 Å². The Labute approximate surface area is 204 Å². The monoisotopic (exact) mass is 530 g/mol. The van der Waals surface area contributed by atoms with Gasteiger partial charge in [0, 0.05) is 29.4 Å². The lowest BCUT2D eigenvalue weighted by Gasteiger charge is -2.16. The minimum Gasteiger partial charge on any atom is -0.478 e. The summed E-state index contributed by atoms with van der Waals surface area (Å²) in [6.45, 7) is 1.70. The molecule has 0 saturated carbocycles. The summed E-state index contributed by atoms with van der Waals surface area (Å²) >= 11 is 1.09. The first kappa shape index (κ1) is 26.9. The molecular weight excluding hydrogens is 514 g/mol. The number of nitrogens with one attached hydrogen (secondary N) is 1. The quantitative estimate of drug-likeness (QED) is 0.309. The predicted molar refractivity (Wildman–Crippen MR) is 117 cm³/mol. The molecule has 1 unspecified atom stereocenters. The molecular formula is C22H16F6N4O3S. The molecule has 0 aliphatic heterocycles. The van der Waals surface area contributed by atoms with Crippen LogP contribution in [0.1, 0.15) is 49.7 Å². The number of carboxylic acid groups (broad SMARTS) is 1. The van der Waals surface area contributed by atoms with Gasteiger partial charge >= 0.3 is 18.3 Å². The lowest BCUT2D eigenvalue weighted by molar-refractivity contribution is -0.143. The number of rotatable bonds is 7. The fraction of sp³-hybridized carbons (Fsp3) is 0.227. The normalized spacial score (nSPS) is 12.8. The van der Waals surface area contributed by atoms with E-state index in [0.717, 1.165) is 18.0 Å². The van der Waals surface area contributed by atoms with E-state index in [9.17, 15) is 35.9 Å². The van der Waals surface area contributed by atoms with Gasteiger partial charge < -0.3 is 10.4 Å². The van der Waals surface area contributed by atoms with Crippen molar-refractivity contribution in [3.63, 3.8) is 0 Å². The molecule has 1 amide bonds.